The first-order chi connectivity index (χ1) is 13.0. The number of carbonyl (C=O) groups excluding carboxylic acids is 3. The lowest BCUT2D eigenvalue weighted by Gasteiger charge is -2.27. The predicted molar refractivity (Wildman–Crippen MR) is 103 cm³/mol. The van der Waals surface area contributed by atoms with Crippen molar-refractivity contribution >= 4 is 52.1 Å². The van der Waals surface area contributed by atoms with Crippen molar-refractivity contribution in [3.8, 4) is 0 Å². The summed E-state index contributed by atoms with van der Waals surface area (Å²) >= 11 is 6.13. The molecule has 0 aliphatic carbocycles. The van der Waals surface area contributed by atoms with Crippen molar-refractivity contribution in [3.63, 3.8) is 0 Å². The van der Waals surface area contributed by atoms with Crippen LogP contribution in [0.5, 0.6) is 0 Å². The Kier molecular flexibility index (Phi) is 4.05. The van der Waals surface area contributed by atoms with Crippen molar-refractivity contribution in [3.05, 3.63) is 70.9 Å². The minimum absolute atomic E-state index is 0.138. The summed E-state index contributed by atoms with van der Waals surface area (Å²) in [6.07, 6.45) is 1.48. The van der Waals surface area contributed by atoms with Gasteiger partial charge in [-0.25, -0.2) is 9.69 Å². The van der Waals surface area contributed by atoms with Crippen LogP contribution in [0.2, 0.25) is 5.02 Å². The summed E-state index contributed by atoms with van der Waals surface area (Å²) in [6, 6.07) is 15.2. The molecule has 0 atom stereocenters. The van der Waals surface area contributed by atoms with Gasteiger partial charge in [0, 0.05) is 23.6 Å². The minimum atomic E-state index is -0.827. The maximum Gasteiger partial charge on any atom is 0.335 e. The van der Waals surface area contributed by atoms with E-state index in [1.807, 2.05) is 41.9 Å². The second-order valence-corrected chi connectivity index (χ2v) is 6.50. The van der Waals surface area contributed by atoms with E-state index in [4.69, 9.17) is 11.6 Å². The molecular formula is C20H14ClN3O3. The van der Waals surface area contributed by atoms with Crippen LogP contribution < -0.4 is 10.2 Å². The van der Waals surface area contributed by atoms with Crippen molar-refractivity contribution in [1.29, 1.82) is 0 Å². The number of carbonyl (C=O) groups is 3. The Labute approximate surface area is 159 Å². The first-order valence-corrected chi connectivity index (χ1v) is 8.55. The van der Waals surface area contributed by atoms with Crippen LogP contribution in [-0.4, -0.2) is 22.4 Å². The zero-order valence-corrected chi connectivity index (χ0v) is 15.0. The Morgan fingerprint density at radius 3 is 2.44 bits per heavy atom. The lowest BCUT2D eigenvalue weighted by Crippen LogP contribution is -2.54. The van der Waals surface area contributed by atoms with Crippen molar-refractivity contribution in [2.24, 2.45) is 7.05 Å². The second-order valence-electron chi connectivity index (χ2n) is 6.10. The Bertz CT molecular complexity index is 1150. The highest BCUT2D eigenvalue weighted by Gasteiger charge is 2.37. The van der Waals surface area contributed by atoms with Crippen LogP contribution in [0.3, 0.4) is 0 Å². The molecular weight excluding hydrogens is 366 g/mol. The molecule has 3 aromatic rings. The van der Waals surface area contributed by atoms with E-state index in [1.165, 1.54) is 6.08 Å². The number of barbiturate groups is 1. The number of amides is 4. The molecule has 1 aromatic heterocycles. The van der Waals surface area contributed by atoms with Gasteiger partial charge in [0.15, 0.2) is 0 Å². The summed E-state index contributed by atoms with van der Waals surface area (Å²) in [5.74, 6) is -1.46. The second kappa shape index (κ2) is 6.41. The number of fused-ring (bicyclic) bond motifs is 1. The number of aryl methyl sites for hydroxylation is 1. The van der Waals surface area contributed by atoms with Gasteiger partial charge in [0.05, 0.1) is 10.7 Å². The van der Waals surface area contributed by atoms with E-state index in [1.54, 1.807) is 24.3 Å². The molecule has 1 N–H and O–H groups in total. The van der Waals surface area contributed by atoms with Gasteiger partial charge >= 0.3 is 6.03 Å². The Morgan fingerprint density at radius 2 is 1.70 bits per heavy atom. The Morgan fingerprint density at radius 1 is 1.00 bits per heavy atom. The predicted octanol–water partition coefficient (Wildman–Crippen LogP) is 3.50. The Hall–Kier alpha value is -3.38. The highest BCUT2D eigenvalue weighted by atomic mass is 35.5. The van der Waals surface area contributed by atoms with Crippen LogP contribution in [-0.2, 0) is 16.6 Å². The first kappa shape index (κ1) is 17.1. The molecule has 134 valence electrons. The molecule has 2 heterocycles. The van der Waals surface area contributed by atoms with Crippen LogP contribution in [0.25, 0.3) is 17.0 Å². The van der Waals surface area contributed by atoms with Crippen molar-refractivity contribution in [1.82, 2.24) is 9.88 Å². The lowest BCUT2D eigenvalue weighted by atomic mass is 10.1. The fraction of sp³-hybridized carbons (Fsp3) is 0.0500. The van der Waals surface area contributed by atoms with Crippen LogP contribution in [0.15, 0.2) is 60.2 Å². The van der Waals surface area contributed by atoms with E-state index in [-0.39, 0.29) is 16.3 Å². The highest BCUT2D eigenvalue weighted by Crippen LogP contribution is 2.29. The van der Waals surface area contributed by atoms with Crippen molar-refractivity contribution in [2.45, 2.75) is 0 Å². The van der Waals surface area contributed by atoms with E-state index >= 15 is 0 Å². The molecule has 27 heavy (non-hydrogen) atoms. The number of imide groups is 2. The smallest absolute Gasteiger partial charge is 0.335 e. The molecule has 7 heteroatoms. The number of hydrogen-bond donors (Lipinski definition) is 1. The highest BCUT2D eigenvalue weighted by molar-refractivity contribution is 6.42. The standard InChI is InChI=1S/C20H14ClN3O3/c1-23-13(10-12-6-2-4-8-16(12)23)11-14-18(25)22-20(27)24(19(14)26)17-9-5-3-7-15(17)21/h2-11H,1H3,(H,22,25,27)/b14-11+. The molecule has 0 saturated carbocycles. The molecule has 2 aromatic carbocycles. The van der Waals surface area contributed by atoms with Crippen LogP contribution in [0.4, 0.5) is 10.5 Å². The number of anilines is 1. The largest absolute Gasteiger partial charge is 0.344 e. The third kappa shape index (κ3) is 2.80. The zero-order valence-electron chi connectivity index (χ0n) is 14.3. The van der Waals surface area contributed by atoms with Crippen molar-refractivity contribution in [2.75, 3.05) is 4.90 Å². The molecule has 4 rings (SSSR count). The molecule has 1 aliphatic heterocycles. The first-order valence-electron chi connectivity index (χ1n) is 8.18. The van der Waals surface area contributed by atoms with E-state index in [9.17, 15) is 14.4 Å². The summed E-state index contributed by atoms with van der Waals surface area (Å²) in [5, 5.41) is 3.42. The number of benzene rings is 2. The average Bonchev–Trinajstić information content (AvgIpc) is 2.96. The third-order valence-corrected chi connectivity index (χ3v) is 4.80. The number of para-hydroxylation sites is 2. The van der Waals surface area contributed by atoms with Crippen LogP contribution in [0, 0.1) is 0 Å². The van der Waals surface area contributed by atoms with Gasteiger partial charge in [-0.15, -0.1) is 0 Å². The topological polar surface area (TPSA) is 71.4 Å². The van der Waals surface area contributed by atoms with Crippen LogP contribution in [0.1, 0.15) is 5.69 Å². The third-order valence-electron chi connectivity index (χ3n) is 4.48. The molecule has 0 spiro atoms. The Balaban J connectivity index is 1.82. The molecule has 0 radical (unpaired) electrons. The summed E-state index contributed by atoms with van der Waals surface area (Å²) < 4.78 is 1.87. The molecule has 1 aliphatic rings. The van der Waals surface area contributed by atoms with Gasteiger partial charge in [-0.2, -0.15) is 0 Å². The maximum atomic E-state index is 12.9. The number of urea groups is 1. The number of rotatable bonds is 2. The fourth-order valence-electron chi connectivity index (χ4n) is 3.11. The zero-order chi connectivity index (χ0) is 19.1. The SMILES string of the molecule is Cn1c(/C=C2\C(=O)NC(=O)N(c3ccccc3Cl)C2=O)cc2ccccc21. The van der Waals surface area contributed by atoms with E-state index in [2.05, 4.69) is 5.32 Å². The maximum absolute atomic E-state index is 12.9. The molecule has 4 amide bonds. The normalized spacial score (nSPS) is 16.3. The summed E-state index contributed by atoms with van der Waals surface area (Å²) in [4.78, 5) is 38.4. The van der Waals surface area contributed by atoms with Gasteiger partial charge < -0.3 is 4.57 Å². The van der Waals surface area contributed by atoms with Gasteiger partial charge in [0.1, 0.15) is 5.57 Å². The van der Waals surface area contributed by atoms with E-state index in [0.717, 1.165) is 15.8 Å². The van der Waals surface area contributed by atoms with Crippen LogP contribution >= 0.6 is 11.6 Å². The van der Waals surface area contributed by atoms with E-state index < -0.39 is 17.8 Å². The lowest BCUT2D eigenvalue weighted by molar-refractivity contribution is -0.122. The van der Waals surface area contributed by atoms with Crippen molar-refractivity contribution < 1.29 is 14.4 Å². The molecule has 1 fully saturated rings. The number of hydrogen-bond acceptors (Lipinski definition) is 3. The quantitative estimate of drug-likeness (QED) is 0.547. The average molecular weight is 380 g/mol. The van der Waals surface area contributed by atoms with Gasteiger partial charge in [-0.1, -0.05) is 41.9 Å². The number of nitrogens with one attached hydrogen (secondary N) is 1. The monoisotopic (exact) mass is 379 g/mol. The summed E-state index contributed by atoms with van der Waals surface area (Å²) in [7, 11) is 1.84. The molecule has 0 bridgehead atoms. The number of nitrogens with zero attached hydrogens (tertiary/aromatic N) is 2. The number of aromatic nitrogens is 1. The fourth-order valence-corrected chi connectivity index (χ4v) is 3.33. The number of halogens is 1. The molecule has 1 saturated heterocycles. The summed E-state index contributed by atoms with van der Waals surface area (Å²) in [5.41, 5.74) is 1.72. The minimum Gasteiger partial charge on any atom is -0.344 e. The molecule has 6 nitrogen and oxygen atoms in total. The van der Waals surface area contributed by atoms with Gasteiger partial charge in [0.25, 0.3) is 11.8 Å². The van der Waals surface area contributed by atoms with Gasteiger partial charge in [0.2, 0.25) is 0 Å². The van der Waals surface area contributed by atoms with Gasteiger partial charge in [-0.3, -0.25) is 14.9 Å². The molecule has 0 unspecified atom stereocenters. The van der Waals surface area contributed by atoms with E-state index in [0.29, 0.717) is 5.69 Å². The van der Waals surface area contributed by atoms with Gasteiger partial charge in [-0.05, 0) is 30.3 Å². The summed E-state index contributed by atoms with van der Waals surface area (Å²) in [6.45, 7) is 0.